The minimum Gasteiger partial charge on any atom is -0.478 e. The van der Waals surface area contributed by atoms with Crippen LogP contribution in [0.4, 0.5) is 11.5 Å². The molecule has 1 aromatic rings. The van der Waals surface area contributed by atoms with Gasteiger partial charge < -0.3 is 10.4 Å². The van der Waals surface area contributed by atoms with Gasteiger partial charge >= 0.3 is 11.7 Å². The second kappa shape index (κ2) is 7.57. The molecule has 0 aliphatic carbocycles. The van der Waals surface area contributed by atoms with Gasteiger partial charge in [0.15, 0.2) is 0 Å². The Kier molecular flexibility index (Phi) is 6.07. The van der Waals surface area contributed by atoms with Crippen LogP contribution >= 0.6 is 11.8 Å². The number of rotatable bonds is 8. The minimum atomic E-state index is -1.23. The van der Waals surface area contributed by atoms with E-state index in [0.29, 0.717) is 6.54 Å². The van der Waals surface area contributed by atoms with E-state index in [1.807, 2.05) is 0 Å². The van der Waals surface area contributed by atoms with Crippen LogP contribution in [0.2, 0.25) is 0 Å². The summed E-state index contributed by atoms with van der Waals surface area (Å²) < 4.78 is 0. The van der Waals surface area contributed by atoms with Crippen molar-refractivity contribution in [2.45, 2.75) is 13.3 Å². The van der Waals surface area contributed by atoms with E-state index in [1.165, 1.54) is 0 Å². The zero-order valence-electron chi connectivity index (χ0n) is 10.5. The van der Waals surface area contributed by atoms with E-state index in [-0.39, 0.29) is 17.1 Å². The molecule has 0 saturated carbocycles. The van der Waals surface area contributed by atoms with Crippen LogP contribution in [0.15, 0.2) is 12.3 Å². The number of nitrogens with one attached hydrogen (secondary N) is 1. The van der Waals surface area contributed by atoms with Gasteiger partial charge in [-0.1, -0.05) is 6.92 Å². The van der Waals surface area contributed by atoms with Crippen LogP contribution in [0.3, 0.4) is 0 Å². The molecule has 0 unspecified atom stereocenters. The molecule has 1 rings (SSSR count). The van der Waals surface area contributed by atoms with Crippen LogP contribution in [0.5, 0.6) is 0 Å². The highest BCUT2D eigenvalue weighted by Crippen LogP contribution is 2.22. The van der Waals surface area contributed by atoms with Crippen LogP contribution in [-0.2, 0) is 0 Å². The van der Waals surface area contributed by atoms with Gasteiger partial charge in [0.05, 0.1) is 10.5 Å². The first kappa shape index (κ1) is 15.2. The molecule has 0 atom stereocenters. The van der Waals surface area contributed by atoms with Crippen LogP contribution in [0, 0.1) is 10.1 Å². The van der Waals surface area contributed by atoms with Crippen LogP contribution in [0.1, 0.15) is 23.7 Å². The Balaban J connectivity index is 2.71. The van der Waals surface area contributed by atoms with Gasteiger partial charge in [-0.2, -0.15) is 11.8 Å². The van der Waals surface area contributed by atoms with Crippen molar-refractivity contribution in [3.05, 3.63) is 27.9 Å². The first-order chi connectivity index (χ1) is 9.06. The Labute approximate surface area is 114 Å². The van der Waals surface area contributed by atoms with E-state index in [9.17, 15) is 14.9 Å². The maximum Gasteiger partial charge on any atom is 0.337 e. The quantitative estimate of drug-likeness (QED) is 0.428. The predicted molar refractivity (Wildman–Crippen MR) is 74.0 cm³/mol. The second-order valence-electron chi connectivity index (χ2n) is 3.63. The number of carboxylic acids is 1. The first-order valence-electron chi connectivity index (χ1n) is 5.75. The van der Waals surface area contributed by atoms with E-state index in [1.54, 1.807) is 11.8 Å². The normalized spacial score (nSPS) is 10.2. The Bertz CT molecular complexity index is 467. The number of anilines is 1. The van der Waals surface area contributed by atoms with Crippen molar-refractivity contribution in [3.63, 3.8) is 0 Å². The fraction of sp³-hybridized carbons (Fsp3) is 0.455. The van der Waals surface area contributed by atoms with Crippen molar-refractivity contribution in [1.29, 1.82) is 0 Å². The van der Waals surface area contributed by atoms with Gasteiger partial charge in [-0.05, 0) is 17.9 Å². The fourth-order valence-corrected chi connectivity index (χ4v) is 2.01. The van der Waals surface area contributed by atoms with Crippen molar-refractivity contribution in [2.75, 3.05) is 23.4 Å². The van der Waals surface area contributed by atoms with Crippen molar-refractivity contribution in [2.24, 2.45) is 0 Å². The topological polar surface area (TPSA) is 105 Å². The number of aromatic carboxylic acids is 1. The molecule has 7 nitrogen and oxygen atoms in total. The van der Waals surface area contributed by atoms with Crippen LogP contribution in [-0.4, -0.2) is 39.0 Å². The Hall–Kier alpha value is -1.83. The number of carboxylic acid groups (broad SMARTS) is 1. The third-order valence-corrected chi connectivity index (χ3v) is 3.26. The first-order valence-corrected chi connectivity index (χ1v) is 6.91. The van der Waals surface area contributed by atoms with Gasteiger partial charge in [-0.3, -0.25) is 10.1 Å². The van der Waals surface area contributed by atoms with E-state index in [2.05, 4.69) is 17.2 Å². The summed E-state index contributed by atoms with van der Waals surface area (Å²) in [4.78, 5) is 24.8. The summed E-state index contributed by atoms with van der Waals surface area (Å²) in [6, 6.07) is 1.01. The van der Waals surface area contributed by atoms with E-state index in [4.69, 9.17) is 5.11 Å². The lowest BCUT2D eigenvalue weighted by Gasteiger charge is -2.06. The molecule has 0 amide bonds. The molecule has 104 valence electrons. The summed E-state index contributed by atoms with van der Waals surface area (Å²) in [5.41, 5.74) is -0.512. The monoisotopic (exact) mass is 285 g/mol. The number of pyridine rings is 1. The summed E-state index contributed by atoms with van der Waals surface area (Å²) in [6.45, 7) is 2.63. The lowest BCUT2D eigenvalue weighted by Crippen LogP contribution is -2.08. The van der Waals surface area contributed by atoms with Crippen molar-refractivity contribution in [3.8, 4) is 0 Å². The molecule has 0 aliphatic rings. The van der Waals surface area contributed by atoms with Crippen molar-refractivity contribution >= 4 is 29.2 Å². The molecule has 1 aromatic heterocycles. The molecular weight excluding hydrogens is 270 g/mol. The maximum absolute atomic E-state index is 10.9. The third kappa shape index (κ3) is 4.74. The Morgan fingerprint density at radius 2 is 2.37 bits per heavy atom. The summed E-state index contributed by atoms with van der Waals surface area (Å²) in [5.74, 6) is 0.869. The number of hydrogen-bond acceptors (Lipinski definition) is 6. The highest BCUT2D eigenvalue weighted by molar-refractivity contribution is 7.99. The average molecular weight is 285 g/mol. The number of carbonyl (C=O) groups is 1. The van der Waals surface area contributed by atoms with Crippen molar-refractivity contribution in [1.82, 2.24) is 4.98 Å². The lowest BCUT2D eigenvalue weighted by molar-refractivity contribution is -0.384. The summed E-state index contributed by atoms with van der Waals surface area (Å²) >= 11 is 1.79. The van der Waals surface area contributed by atoms with Crippen molar-refractivity contribution < 1.29 is 14.8 Å². The van der Waals surface area contributed by atoms with Gasteiger partial charge in [0.25, 0.3) is 0 Å². The number of nitrogens with zero attached hydrogens (tertiary/aromatic N) is 2. The van der Waals surface area contributed by atoms with Gasteiger partial charge in [0.2, 0.25) is 5.82 Å². The standard InChI is InChI=1S/C11H15N3O4S/c1-2-19-5-3-4-12-10-9(14(17)18)6-8(7-13-10)11(15)16/h6-7H,2-5H2,1H3,(H,12,13)(H,15,16). The highest BCUT2D eigenvalue weighted by Gasteiger charge is 2.18. The molecule has 0 aliphatic heterocycles. The Morgan fingerprint density at radius 1 is 1.63 bits per heavy atom. The molecule has 0 radical (unpaired) electrons. The molecular formula is C11H15N3O4S. The van der Waals surface area contributed by atoms with Crippen LogP contribution in [0.25, 0.3) is 0 Å². The zero-order valence-corrected chi connectivity index (χ0v) is 11.3. The molecule has 8 heteroatoms. The lowest BCUT2D eigenvalue weighted by atomic mass is 10.2. The molecule has 0 bridgehead atoms. The number of thioether (sulfide) groups is 1. The van der Waals surface area contributed by atoms with Gasteiger partial charge in [-0.15, -0.1) is 0 Å². The molecule has 1 heterocycles. The number of aromatic nitrogens is 1. The van der Waals surface area contributed by atoms with E-state index in [0.717, 1.165) is 30.2 Å². The van der Waals surface area contributed by atoms with E-state index >= 15 is 0 Å². The third-order valence-electron chi connectivity index (χ3n) is 2.27. The summed E-state index contributed by atoms with van der Waals surface area (Å²) in [6.07, 6.45) is 1.97. The largest absolute Gasteiger partial charge is 0.478 e. The SMILES string of the molecule is CCSCCCNc1ncc(C(=O)O)cc1[N+](=O)[O-]. The molecule has 0 spiro atoms. The second-order valence-corrected chi connectivity index (χ2v) is 5.03. The molecule has 0 saturated heterocycles. The van der Waals surface area contributed by atoms with Crippen LogP contribution < -0.4 is 5.32 Å². The molecule has 19 heavy (non-hydrogen) atoms. The van der Waals surface area contributed by atoms with Gasteiger partial charge in [-0.25, -0.2) is 9.78 Å². The number of hydrogen-bond donors (Lipinski definition) is 2. The summed E-state index contributed by atoms with van der Waals surface area (Å²) in [5, 5.41) is 22.5. The molecule has 0 aromatic carbocycles. The average Bonchev–Trinajstić information content (AvgIpc) is 2.38. The number of nitro groups is 1. The maximum atomic E-state index is 10.9. The smallest absolute Gasteiger partial charge is 0.337 e. The predicted octanol–water partition coefficient (Wildman–Crippen LogP) is 2.24. The fourth-order valence-electron chi connectivity index (χ4n) is 1.37. The van der Waals surface area contributed by atoms with Gasteiger partial charge in [0, 0.05) is 18.8 Å². The zero-order chi connectivity index (χ0) is 14.3. The highest BCUT2D eigenvalue weighted by atomic mass is 32.2. The molecule has 0 fully saturated rings. The van der Waals surface area contributed by atoms with Gasteiger partial charge in [0.1, 0.15) is 0 Å². The Morgan fingerprint density at radius 3 is 2.95 bits per heavy atom. The summed E-state index contributed by atoms with van der Waals surface area (Å²) in [7, 11) is 0. The minimum absolute atomic E-state index is 0.108. The molecule has 2 N–H and O–H groups in total. The van der Waals surface area contributed by atoms with E-state index < -0.39 is 10.9 Å².